The second-order valence-corrected chi connectivity index (χ2v) is 2.55. The minimum atomic E-state index is -0.364. The van der Waals surface area contributed by atoms with Crippen LogP contribution in [0.3, 0.4) is 0 Å². The summed E-state index contributed by atoms with van der Waals surface area (Å²) in [6.07, 6.45) is 0.981. The van der Waals surface area contributed by atoms with E-state index in [9.17, 15) is 4.79 Å². The van der Waals surface area contributed by atoms with Crippen LogP contribution in [0.5, 0.6) is 0 Å². The molecule has 0 fully saturated rings. The Balaban J connectivity index is 3.71. The van der Waals surface area contributed by atoms with Crippen LogP contribution < -0.4 is 5.73 Å². The molecule has 0 aliphatic carbocycles. The Hall–Kier alpha value is -0.570. The third-order valence-electron chi connectivity index (χ3n) is 1.32. The van der Waals surface area contributed by atoms with Gasteiger partial charge >= 0.3 is 0 Å². The molecule has 0 aromatic carbocycles. The minimum absolute atomic E-state index is 0.0156. The molecule has 0 rings (SSSR count). The summed E-state index contributed by atoms with van der Waals surface area (Å²) in [6.45, 7) is 4.53. The first-order valence-electron chi connectivity index (χ1n) is 3.60. The highest BCUT2D eigenvalue weighted by atomic mass is 16.2. The molecule has 3 nitrogen and oxygen atoms in total. The Morgan fingerprint density at radius 2 is 2.20 bits per heavy atom. The number of carbonyl (C=O) groups is 1. The number of amides is 1. The van der Waals surface area contributed by atoms with Crippen molar-refractivity contribution in [2.75, 3.05) is 13.6 Å². The fourth-order valence-corrected chi connectivity index (χ4v) is 0.793. The lowest BCUT2D eigenvalue weighted by Crippen LogP contribution is -2.39. The summed E-state index contributed by atoms with van der Waals surface area (Å²) in [7, 11) is 1.77. The number of likely N-dealkylation sites (N-methyl/N-ethyl adjacent to an activating group) is 1. The van der Waals surface area contributed by atoms with Gasteiger partial charge < -0.3 is 10.6 Å². The van der Waals surface area contributed by atoms with Crippen molar-refractivity contribution in [3.8, 4) is 0 Å². The normalized spacial score (nSPS) is 12.8. The third-order valence-corrected chi connectivity index (χ3v) is 1.32. The highest BCUT2D eigenvalue weighted by molar-refractivity contribution is 5.80. The van der Waals surface area contributed by atoms with Gasteiger partial charge in [-0.25, -0.2) is 0 Å². The third kappa shape index (κ3) is 2.82. The molecule has 0 aliphatic heterocycles. The van der Waals surface area contributed by atoms with E-state index in [1.165, 1.54) is 0 Å². The highest BCUT2D eigenvalue weighted by Gasteiger charge is 2.11. The lowest BCUT2D eigenvalue weighted by atomic mass is 10.3. The predicted octanol–water partition coefficient (Wildman–Crippen LogP) is 0.202. The molecule has 0 aliphatic rings. The second-order valence-electron chi connectivity index (χ2n) is 2.55. The lowest BCUT2D eigenvalue weighted by molar-refractivity contribution is -0.130. The number of nitrogens with zero attached hydrogens (tertiary/aromatic N) is 1. The maximum atomic E-state index is 11.0. The first-order chi connectivity index (χ1) is 4.59. The topological polar surface area (TPSA) is 46.3 Å². The van der Waals surface area contributed by atoms with Crippen molar-refractivity contribution in [2.24, 2.45) is 5.73 Å². The maximum Gasteiger partial charge on any atom is 0.238 e. The molecule has 0 bridgehead atoms. The first-order valence-corrected chi connectivity index (χ1v) is 3.60. The van der Waals surface area contributed by atoms with Gasteiger partial charge in [0.2, 0.25) is 5.91 Å². The molecule has 0 unspecified atom stereocenters. The van der Waals surface area contributed by atoms with Gasteiger partial charge in [0, 0.05) is 13.6 Å². The molecule has 0 saturated heterocycles. The molecule has 1 amide bonds. The summed E-state index contributed by atoms with van der Waals surface area (Å²) in [5.74, 6) is 0.0156. The number of carbonyl (C=O) groups excluding carboxylic acids is 1. The van der Waals surface area contributed by atoms with Gasteiger partial charge in [-0.3, -0.25) is 4.79 Å². The van der Waals surface area contributed by atoms with Crippen LogP contribution in [0.15, 0.2) is 0 Å². The molecule has 0 heterocycles. The van der Waals surface area contributed by atoms with Gasteiger partial charge in [-0.05, 0) is 13.3 Å². The fourth-order valence-electron chi connectivity index (χ4n) is 0.793. The van der Waals surface area contributed by atoms with Gasteiger partial charge in [0.1, 0.15) is 0 Å². The Kier molecular flexibility index (Phi) is 4.03. The van der Waals surface area contributed by atoms with Crippen molar-refractivity contribution in [3.63, 3.8) is 0 Å². The average molecular weight is 144 g/mol. The van der Waals surface area contributed by atoms with E-state index in [4.69, 9.17) is 5.73 Å². The standard InChI is InChI=1S/C7H16N2O/c1-4-5-9(3)7(10)6(2)8/h6H,4-5,8H2,1-3H3/t6-/m1/s1. The van der Waals surface area contributed by atoms with Gasteiger partial charge in [0.05, 0.1) is 6.04 Å². The van der Waals surface area contributed by atoms with E-state index >= 15 is 0 Å². The van der Waals surface area contributed by atoms with Crippen LogP contribution in [-0.4, -0.2) is 30.4 Å². The quantitative estimate of drug-likeness (QED) is 0.615. The van der Waals surface area contributed by atoms with Crippen molar-refractivity contribution in [1.82, 2.24) is 4.90 Å². The van der Waals surface area contributed by atoms with Crippen LogP contribution in [0.4, 0.5) is 0 Å². The van der Waals surface area contributed by atoms with Crippen LogP contribution in [0.25, 0.3) is 0 Å². The van der Waals surface area contributed by atoms with E-state index in [0.29, 0.717) is 0 Å². The average Bonchev–Trinajstić information content (AvgIpc) is 1.87. The Morgan fingerprint density at radius 1 is 1.70 bits per heavy atom. The SMILES string of the molecule is CCCN(C)C(=O)[C@@H](C)N. The van der Waals surface area contributed by atoms with E-state index in [1.54, 1.807) is 18.9 Å². The summed E-state index contributed by atoms with van der Waals surface area (Å²) in [6, 6.07) is -0.364. The summed E-state index contributed by atoms with van der Waals surface area (Å²) in [4.78, 5) is 12.7. The number of nitrogens with two attached hydrogens (primary N) is 1. The molecular formula is C7H16N2O. The molecule has 60 valence electrons. The monoisotopic (exact) mass is 144 g/mol. The Labute approximate surface area is 62.2 Å². The highest BCUT2D eigenvalue weighted by Crippen LogP contribution is 1.90. The molecular weight excluding hydrogens is 128 g/mol. The first kappa shape index (κ1) is 9.43. The molecule has 1 atom stereocenters. The molecule has 3 heteroatoms. The van der Waals surface area contributed by atoms with E-state index < -0.39 is 0 Å². The van der Waals surface area contributed by atoms with E-state index in [2.05, 4.69) is 0 Å². The zero-order chi connectivity index (χ0) is 8.15. The predicted molar refractivity (Wildman–Crippen MR) is 41.6 cm³/mol. The van der Waals surface area contributed by atoms with Gasteiger partial charge in [-0.2, -0.15) is 0 Å². The molecule has 2 N–H and O–H groups in total. The van der Waals surface area contributed by atoms with Crippen LogP contribution in [0.1, 0.15) is 20.3 Å². The summed E-state index contributed by atoms with van der Waals surface area (Å²) in [5, 5.41) is 0. The summed E-state index contributed by atoms with van der Waals surface area (Å²) in [5.41, 5.74) is 5.38. The summed E-state index contributed by atoms with van der Waals surface area (Å²) < 4.78 is 0. The van der Waals surface area contributed by atoms with Gasteiger partial charge in [-0.1, -0.05) is 6.92 Å². The maximum absolute atomic E-state index is 11.0. The molecule has 0 radical (unpaired) electrons. The van der Waals surface area contributed by atoms with Crippen molar-refractivity contribution in [3.05, 3.63) is 0 Å². The van der Waals surface area contributed by atoms with E-state index in [1.807, 2.05) is 6.92 Å². The second kappa shape index (κ2) is 4.28. The Morgan fingerprint density at radius 3 is 2.50 bits per heavy atom. The van der Waals surface area contributed by atoms with Crippen LogP contribution in [-0.2, 0) is 4.79 Å². The molecule has 0 spiro atoms. The molecule has 10 heavy (non-hydrogen) atoms. The zero-order valence-corrected chi connectivity index (χ0v) is 6.92. The summed E-state index contributed by atoms with van der Waals surface area (Å²) >= 11 is 0. The van der Waals surface area contributed by atoms with Crippen molar-refractivity contribution in [2.45, 2.75) is 26.3 Å². The zero-order valence-electron chi connectivity index (χ0n) is 6.92. The molecule has 0 aromatic rings. The molecule has 0 aromatic heterocycles. The number of hydrogen-bond acceptors (Lipinski definition) is 2. The smallest absolute Gasteiger partial charge is 0.238 e. The van der Waals surface area contributed by atoms with Gasteiger partial charge in [0.15, 0.2) is 0 Å². The van der Waals surface area contributed by atoms with Crippen molar-refractivity contribution in [1.29, 1.82) is 0 Å². The van der Waals surface area contributed by atoms with E-state index in [-0.39, 0.29) is 11.9 Å². The molecule has 0 saturated carbocycles. The lowest BCUT2D eigenvalue weighted by Gasteiger charge is -2.17. The fraction of sp³-hybridized carbons (Fsp3) is 0.857. The van der Waals surface area contributed by atoms with Crippen LogP contribution in [0, 0.1) is 0 Å². The van der Waals surface area contributed by atoms with Crippen molar-refractivity contribution < 1.29 is 4.79 Å². The van der Waals surface area contributed by atoms with Crippen molar-refractivity contribution >= 4 is 5.91 Å². The van der Waals surface area contributed by atoms with Crippen LogP contribution in [0.2, 0.25) is 0 Å². The largest absolute Gasteiger partial charge is 0.344 e. The number of hydrogen-bond donors (Lipinski definition) is 1. The van der Waals surface area contributed by atoms with Gasteiger partial charge in [-0.15, -0.1) is 0 Å². The number of rotatable bonds is 3. The van der Waals surface area contributed by atoms with Gasteiger partial charge in [0.25, 0.3) is 0 Å². The van der Waals surface area contributed by atoms with E-state index in [0.717, 1.165) is 13.0 Å². The minimum Gasteiger partial charge on any atom is -0.344 e. The van der Waals surface area contributed by atoms with Crippen LogP contribution >= 0.6 is 0 Å². The Bertz CT molecular complexity index is 112.